The lowest BCUT2D eigenvalue weighted by atomic mass is 10.4. The molecular formula is C11H9ClF3N3O. The molecule has 2 aromatic heterocycles. The minimum Gasteiger partial charge on any atom is -0.465 e. The molecule has 0 aliphatic heterocycles. The van der Waals surface area contributed by atoms with Crippen molar-refractivity contribution in [1.29, 1.82) is 0 Å². The normalized spacial score (nSPS) is 11.6. The molecule has 0 radical (unpaired) electrons. The summed E-state index contributed by atoms with van der Waals surface area (Å²) in [6, 6.07) is 4.69. The maximum Gasteiger partial charge on any atom is 0.451 e. The van der Waals surface area contributed by atoms with E-state index >= 15 is 0 Å². The third-order valence-corrected chi connectivity index (χ3v) is 2.38. The first kappa shape index (κ1) is 13.7. The van der Waals surface area contributed by atoms with Crippen molar-refractivity contribution >= 4 is 17.4 Å². The van der Waals surface area contributed by atoms with E-state index in [-0.39, 0.29) is 17.5 Å². The largest absolute Gasteiger partial charge is 0.465 e. The fraction of sp³-hybridized carbons (Fsp3) is 0.273. The first-order chi connectivity index (χ1) is 8.84. The second-order valence-corrected chi connectivity index (χ2v) is 4.15. The number of nitrogens with one attached hydrogen (secondary N) is 1. The fourth-order valence-electron chi connectivity index (χ4n) is 1.39. The predicted molar refractivity (Wildman–Crippen MR) is 62.8 cm³/mol. The lowest BCUT2D eigenvalue weighted by molar-refractivity contribution is -0.144. The Bertz CT molecular complexity index is 583. The van der Waals surface area contributed by atoms with Gasteiger partial charge in [-0.25, -0.2) is 9.97 Å². The van der Waals surface area contributed by atoms with Crippen LogP contribution in [0, 0.1) is 6.92 Å². The number of furan rings is 1. The molecular weight excluding hydrogens is 283 g/mol. The van der Waals surface area contributed by atoms with Crippen molar-refractivity contribution in [3.63, 3.8) is 0 Å². The molecule has 0 spiro atoms. The van der Waals surface area contributed by atoms with Gasteiger partial charge in [0.1, 0.15) is 22.5 Å². The zero-order chi connectivity index (χ0) is 14.0. The van der Waals surface area contributed by atoms with Gasteiger partial charge in [-0.2, -0.15) is 13.2 Å². The highest BCUT2D eigenvalue weighted by molar-refractivity contribution is 6.29. The minimum atomic E-state index is -4.64. The Kier molecular flexibility index (Phi) is 3.66. The molecule has 0 unspecified atom stereocenters. The SMILES string of the molecule is Cc1ccc(CNc2cc(Cl)nc(C(F)(F)F)n2)o1. The number of alkyl halides is 3. The van der Waals surface area contributed by atoms with Gasteiger partial charge in [0.2, 0.25) is 5.82 Å². The molecule has 0 aliphatic rings. The third-order valence-electron chi connectivity index (χ3n) is 2.19. The Labute approximate surface area is 111 Å². The molecule has 102 valence electrons. The molecule has 2 aromatic rings. The quantitative estimate of drug-likeness (QED) is 0.877. The zero-order valence-electron chi connectivity index (χ0n) is 9.75. The van der Waals surface area contributed by atoms with Crippen LogP contribution in [0.1, 0.15) is 17.3 Å². The highest BCUT2D eigenvalue weighted by atomic mass is 35.5. The molecule has 19 heavy (non-hydrogen) atoms. The number of aromatic nitrogens is 2. The van der Waals surface area contributed by atoms with Gasteiger partial charge in [-0.1, -0.05) is 11.6 Å². The van der Waals surface area contributed by atoms with Crippen LogP contribution in [0.5, 0.6) is 0 Å². The van der Waals surface area contributed by atoms with Gasteiger partial charge in [0.25, 0.3) is 0 Å². The number of anilines is 1. The average Bonchev–Trinajstić information content (AvgIpc) is 2.71. The van der Waals surface area contributed by atoms with Crippen LogP contribution in [0.25, 0.3) is 0 Å². The van der Waals surface area contributed by atoms with Crippen LogP contribution >= 0.6 is 11.6 Å². The van der Waals surface area contributed by atoms with Crippen molar-refractivity contribution in [1.82, 2.24) is 9.97 Å². The van der Waals surface area contributed by atoms with E-state index in [1.54, 1.807) is 19.1 Å². The first-order valence-electron chi connectivity index (χ1n) is 5.25. The van der Waals surface area contributed by atoms with E-state index < -0.39 is 12.0 Å². The summed E-state index contributed by atoms with van der Waals surface area (Å²) in [5.74, 6) is 0.00815. The van der Waals surface area contributed by atoms with Gasteiger partial charge in [-0.15, -0.1) is 0 Å². The number of halogens is 4. The summed E-state index contributed by atoms with van der Waals surface area (Å²) < 4.78 is 42.7. The summed E-state index contributed by atoms with van der Waals surface area (Å²) >= 11 is 5.53. The predicted octanol–water partition coefficient (Wildman–Crippen LogP) is 3.66. The molecule has 2 rings (SSSR count). The van der Waals surface area contributed by atoms with E-state index in [1.165, 1.54) is 6.07 Å². The molecule has 1 N–H and O–H groups in total. The highest BCUT2D eigenvalue weighted by Crippen LogP contribution is 2.28. The van der Waals surface area contributed by atoms with Gasteiger partial charge < -0.3 is 9.73 Å². The van der Waals surface area contributed by atoms with E-state index in [9.17, 15) is 13.2 Å². The maximum absolute atomic E-state index is 12.5. The third kappa shape index (κ3) is 3.60. The Morgan fingerprint density at radius 3 is 2.63 bits per heavy atom. The van der Waals surface area contributed by atoms with Crippen LogP contribution in [0.15, 0.2) is 22.6 Å². The summed E-state index contributed by atoms with van der Waals surface area (Å²) in [5.41, 5.74) is 0. The van der Waals surface area contributed by atoms with Crippen LogP contribution in [0.4, 0.5) is 19.0 Å². The molecule has 8 heteroatoms. The lowest BCUT2D eigenvalue weighted by Crippen LogP contribution is -2.13. The minimum absolute atomic E-state index is 0.0126. The molecule has 0 saturated heterocycles. The molecule has 0 amide bonds. The van der Waals surface area contributed by atoms with Gasteiger partial charge in [-0.3, -0.25) is 0 Å². The maximum atomic E-state index is 12.5. The number of hydrogen-bond donors (Lipinski definition) is 1. The molecule has 0 bridgehead atoms. The first-order valence-corrected chi connectivity index (χ1v) is 5.63. The smallest absolute Gasteiger partial charge is 0.451 e. The highest BCUT2D eigenvalue weighted by Gasteiger charge is 2.35. The summed E-state index contributed by atoms with van der Waals surface area (Å²) in [4.78, 5) is 6.48. The van der Waals surface area contributed by atoms with Crippen molar-refractivity contribution in [2.24, 2.45) is 0 Å². The molecule has 0 saturated carbocycles. The van der Waals surface area contributed by atoms with Crippen molar-refractivity contribution in [3.8, 4) is 0 Å². The number of aryl methyl sites for hydroxylation is 1. The Morgan fingerprint density at radius 1 is 1.32 bits per heavy atom. The Morgan fingerprint density at radius 2 is 2.05 bits per heavy atom. The van der Waals surface area contributed by atoms with Gasteiger partial charge in [-0.05, 0) is 19.1 Å². The van der Waals surface area contributed by atoms with Gasteiger partial charge in [0.15, 0.2) is 0 Å². The average molecular weight is 292 g/mol. The van der Waals surface area contributed by atoms with E-state index in [1.807, 2.05) is 0 Å². The van der Waals surface area contributed by atoms with Crippen LogP contribution in [-0.2, 0) is 12.7 Å². The second kappa shape index (κ2) is 5.08. The number of nitrogens with zero attached hydrogens (tertiary/aromatic N) is 2. The molecule has 0 aromatic carbocycles. The van der Waals surface area contributed by atoms with Crippen LogP contribution in [0.2, 0.25) is 5.15 Å². The van der Waals surface area contributed by atoms with Crippen molar-refractivity contribution < 1.29 is 17.6 Å². The van der Waals surface area contributed by atoms with E-state index in [4.69, 9.17) is 16.0 Å². The summed E-state index contributed by atoms with van der Waals surface area (Å²) in [6.45, 7) is 1.98. The molecule has 0 fully saturated rings. The zero-order valence-corrected chi connectivity index (χ0v) is 10.5. The molecule has 0 atom stereocenters. The molecule has 4 nitrogen and oxygen atoms in total. The lowest BCUT2D eigenvalue weighted by Gasteiger charge is -2.08. The van der Waals surface area contributed by atoms with Gasteiger partial charge in [0.05, 0.1) is 6.54 Å². The number of rotatable bonds is 3. The van der Waals surface area contributed by atoms with Crippen molar-refractivity contribution in [2.75, 3.05) is 5.32 Å². The van der Waals surface area contributed by atoms with Crippen LogP contribution < -0.4 is 5.32 Å². The Balaban J connectivity index is 2.14. The van der Waals surface area contributed by atoms with E-state index in [0.29, 0.717) is 11.5 Å². The molecule has 2 heterocycles. The number of hydrogen-bond acceptors (Lipinski definition) is 4. The van der Waals surface area contributed by atoms with Crippen LogP contribution in [-0.4, -0.2) is 9.97 Å². The summed E-state index contributed by atoms with van der Waals surface area (Å²) in [6.07, 6.45) is -4.64. The van der Waals surface area contributed by atoms with Crippen molar-refractivity contribution in [3.05, 3.63) is 40.7 Å². The fourth-order valence-corrected chi connectivity index (χ4v) is 1.58. The summed E-state index contributed by atoms with van der Waals surface area (Å²) in [7, 11) is 0. The molecule has 0 aliphatic carbocycles. The van der Waals surface area contributed by atoms with Crippen LogP contribution in [0.3, 0.4) is 0 Å². The van der Waals surface area contributed by atoms with Crippen molar-refractivity contribution in [2.45, 2.75) is 19.6 Å². The van der Waals surface area contributed by atoms with Gasteiger partial charge in [0, 0.05) is 6.07 Å². The summed E-state index contributed by atoms with van der Waals surface area (Å²) in [5, 5.41) is 2.42. The topological polar surface area (TPSA) is 51.0 Å². The standard InChI is InChI=1S/C11H9ClF3N3O/c1-6-2-3-7(19-6)5-16-9-4-8(12)17-10(18-9)11(13,14)15/h2-4H,5H2,1H3,(H,16,17,18). The monoisotopic (exact) mass is 291 g/mol. The van der Waals surface area contributed by atoms with Gasteiger partial charge >= 0.3 is 6.18 Å². The Hall–Kier alpha value is -1.76. The second-order valence-electron chi connectivity index (χ2n) is 3.76. The van der Waals surface area contributed by atoms with E-state index in [0.717, 1.165) is 0 Å². The van der Waals surface area contributed by atoms with E-state index in [2.05, 4.69) is 15.3 Å².